The topological polar surface area (TPSA) is 97.6 Å². The number of ether oxygens (including phenoxy) is 1. The summed E-state index contributed by atoms with van der Waals surface area (Å²) in [6, 6.07) is 8.51. The van der Waals surface area contributed by atoms with Crippen LogP contribution in [0.3, 0.4) is 0 Å². The highest BCUT2D eigenvalue weighted by Crippen LogP contribution is 2.32. The molecule has 0 radical (unpaired) electrons. The minimum atomic E-state index is -0.543. The molecule has 0 spiro atoms. The molecule has 144 valence electrons. The number of hydrogen-bond donors (Lipinski definition) is 2. The Kier molecular flexibility index (Phi) is 5.31. The van der Waals surface area contributed by atoms with Gasteiger partial charge in [0, 0.05) is 22.5 Å². The van der Waals surface area contributed by atoms with Crippen molar-refractivity contribution in [2.45, 2.75) is 18.1 Å². The van der Waals surface area contributed by atoms with E-state index in [4.69, 9.17) is 4.74 Å². The molecule has 8 nitrogen and oxygen atoms in total. The molecule has 1 aliphatic heterocycles. The molecule has 2 amide bonds. The van der Waals surface area contributed by atoms with Crippen LogP contribution in [0.5, 0.6) is 0 Å². The number of pyridine rings is 1. The molecule has 0 unspecified atom stereocenters. The maximum atomic E-state index is 12.7. The van der Waals surface area contributed by atoms with Crippen molar-refractivity contribution in [2.75, 3.05) is 12.4 Å². The predicted octanol–water partition coefficient (Wildman–Crippen LogP) is 2.75. The molecule has 0 aromatic carbocycles. The molecule has 1 atom stereocenters. The number of thioether (sulfide) groups is 1. The van der Waals surface area contributed by atoms with E-state index in [1.165, 1.54) is 23.1 Å². The third-order valence-electron chi connectivity index (χ3n) is 4.10. The Morgan fingerprint density at radius 2 is 2.21 bits per heavy atom. The number of aromatic nitrogens is 3. The largest absolute Gasteiger partial charge is 0.463 e. The minimum Gasteiger partial charge on any atom is -0.463 e. The lowest BCUT2D eigenvalue weighted by atomic mass is 10.0. The van der Waals surface area contributed by atoms with Gasteiger partial charge in [0.2, 0.25) is 0 Å². The normalized spacial score (nSPS) is 16.8. The number of nitrogens with zero attached hydrogens (tertiary/aromatic N) is 3. The van der Waals surface area contributed by atoms with Gasteiger partial charge in [-0.2, -0.15) is 0 Å². The zero-order valence-electron chi connectivity index (χ0n) is 14.9. The summed E-state index contributed by atoms with van der Waals surface area (Å²) in [4.78, 5) is 25.8. The molecule has 10 heteroatoms. The lowest BCUT2D eigenvalue weighted by molar-refractivity contribution is -0.139. The van der Waals surface area contributed by atoms with Crippen molar-refractivity contribution in [3.8, 4) is 0 Å². The summed E-state index contributed by atoms with van der Waals surface area (Å²) in [6.45, 7) is 2.01. The lowest BCUT2D eigenvalue weighted by Crippen LogP contribution is -2.46. The van der Waals surface area contributed by atoms with Crippen LogP contribution in [0, 0.1) is 0 Å². The van der Waals surface area contributed by atoms with Crippen LogP contribution in [0.15, 0.2) is 58.3 Å². The summed E-state index contributed by atoms with van der Waals surface area (Å²) in [5.74, 6) is -0.103. The number of hydrogen-bond acceptors (Lipinski definition) is 7. The van der Waals surface area contributed by atoms with Gasteiger partial charge < -0.3 is 15.4 Å². The molecule has 0 saturated carbocycles. The number of esters is 1. The van der Waals surface area contributed by atoms with Gasteiger partial charge in [-0.15, -0.1) is 21.5 Å². The Hall–Kier alpha value is -2.85. The first-order valence-electron chi connectivity index (χ1n) is 8.61. The standard InChI is InChI=1S/C18H17N5O3S2/c1-2-26-16(24)14-11(19-17(25)20-15(14)12-6-5-9-27-12)10-28-18-22-21-13-7-3-4-8-23(13)18/h3-9,15H,2,10H2,1H3,(H2,19,20,25)/t15-/m0/s1. The maximum Gasteiger partial charge on any atom is 0.338 e. The van der Waals surface area contributed by atoms with Crippen molar-refractivity contribution in [2.24, 2.45) is 0 Å². The number of fused-ring (bicyclic) bond motifs is 1. The van der Waals surface area contributed by atoms with Gasteiger partial charge in [0.1, 0.15) is 0 Å². The Balaban J connectivity index is 1.68. The zero-order valence-corrected chi connectivity index (χ0v) is 16.5. The summed E-state index contributed by atoms with van der Waals surface area (Å²) in [6.07, 6.45) is 1.87. The van der Waals surface area contributed by atoms with Crippen molar-refractivity contribution in [1.82, 2.24) is 25.2 Å². The SMILES string of the molecule is CCOC(=O)C1=C(CSc2nnc3ccccn23)NC(=O)N[C@H]1c1cccs1. The van der Waals surface area contributed by atoms with E-state index >= 15 is 0 Å². The van der Waals surface area contributed by atoms with E-state index in [0.29, 0.717) is 22.2 Å². The number of amides is 2. The summed E-state index contributed by atoms with van der Waals surface area (Å²) in [5, 5.41) is 16.5. The van der Waals surface area contributed by atoms with E-state index in [-0.39, 0.29) is 12.6 Å². The number of carbonyl (C=O) groups excluding carboxylic acids is 2. The van der Waals surface area contributed by atoms with Crippen LogP contribution in [0.25, 0.3) is 5.65 Å². The van der Waals surface area contributed by atoms with Crippen molar-refractivity contribution in [1.29, 1.82) is 0 Å². The fourth-order valence-corrected chi connectivity index (χ4v) is 4.58. The Morgan fingerprint density at radius 1 is 1.32 bits per heavy atom. The maximum absolute atomic E-state index is 12.7. The van der Waals surface area contributed by atoms with Crippen LogP contribution < -0.4 is 10.6 Å². The molecular formula is C18H17N5O3S2. The van der Waals surface area contributed by atoms with E-state index < -0.39 is 12.0 Å². The molecule has 0 saturated heterocycles. The monoisotopic (exact) mass is 415 g/mol. The van der Waals surface area contributed by atoms with Gasteiger partial charge in [0.25, 0.3) is 0 Å². The second-order valence-corrected chi connectivity index (χ2v) is 7.78. The number of thiophene rings is 1. The molecule has 28 heavy (non-hydrogen) atoms. The van der Waals surface area contributed by atoms with Crippen LogP contribution in [0.2, 0.25) is 0 Å². The van der Waals surface area contributed by atoms with Gasteiger partial charge in [-0.25, -0.2) is 9.59 Å². The van der Waals surface area contributed by atoms with E-state index in [9.17, 15) is 9.59 Å². The number of urea groups is 1. The molecule has 3 aromatic rings. The fourth-order valence-electron chi connectivity index (χ4n) is 2.91. The van der Waals surface area contributed by atoms with Crippen molar-refractivity contribution >= 4 is 40.7 Å². The molecule has 1 aliphatic rings. The summed E-state index contributed by atoms with van der Waals surface area (Å²) in [5.41, 5.74) is 1.65. The van der Waals surface area contributed by atoms with Crippen molar-refractivity contribution in [3.63, 3.8) is 0 Å². The predicted molar refractivity (Wildman–Crippen MR) is 106 cm³/mol. The summed E-state index contributed by atoms with van der Waals surface area (Å²) in [7, 11) is 0. The van der Waals surface area contributed by atoms with Crippen LogP contribution in [-0.4, -0.2) is 39.0 Å². The van der Waals surface area contributed by atoms with E-state index in [1.807, 2.05) is 46.3 Å². The highest BCUT2D eigenvalue weighted by atomic mass is 32.2. The molecule has 0 fully saturated rings. The van der Waals surface area contributed by atoms with Gasteiger partial charge in [0.15, 0.2) is 10.8 Å². The van der Waals surface area contributed by atoms with Crippen LogP contribution >= 0.6 is 23.1 Å². The van der Waals surface area contributed by atoms with E-state index in [2.05, 4.69) is 20.8 Å². The Labute approximate surface area is 169 Å². The van der Waals surface area contributed by atoms with Gasteiger partial charge in [0.05, 0.1) is 18.2 Å². The first-order valence-corrected chi connectivity index (χ1v) is 10.5. The average Bonchev–Trinajstić information content (AvgIpc) is 3.36. The van der Waals surface area contributed by atoms with Crippen molar-refractivity contribution in [3.05, 3.63) is 58.1 Å². The van der Waals surface area contributed by atoms with Gasteiger partial charge in [-0.05, 0) is 30.5 Å². The van der Waals surface area contributed by atoms with Crippen LogP contribution in [-0.2, 0) is 9.53 Å². The molecule has 4 rings (SSSR count). The number of rotatable bonds is 6. The second-order valence-electron chi connectivity index (χ2n) is 5.86. The number of carbonyl (C=O) groups is 2. The molecule has 0 aliphatic carbocycles. The third-order valence-corrected chi connectivity index (χ3v) is 6.01. The molecule has 0 bridgehead atoms. The molecule has 2 N–H and O–H groups in total. The Morgan fingerprint density at radius 3 is 3.00 bits per heavy atom. The van der Waals surface area contributed by atoms with Gasteiger partial charge in [-0.3, -0.25) is 4.40 Å². The van der Waals surface area contributed by atoms with Gasteiger partial charge in [-0.1, -0.05) is 23.9 Å². The molecular weight excluding hydrogens is 398 g/mol. The fraction of sp³-hybridized carbons (Fsp3) is 0.222. The first kappa shape index (κ1) is 18.5. The minimum absolute atomic E-state index is 0.253. The van der Waals surface area contributed by atoms with Gasteiger partial charge >= 0.3 is 12.0 Å². The second kappa shape index (κ2) is 8.03. The summed E-state index contributed by atoms with van der Waals surface area (Å²) < 4.78 is 7.11. The van der Waals surface area contributed by atoms with Crippen molar-refractivity contribution < 1.29 is 14.3 Å². The van der Waals surface area contributed by atoms with E-state index in [1.54, 1.807) is 6.92 Å². The quantitative estimate of drug-likeness (QED) is 0.475. The third kappa shape index (κ3) is 3.60. The highest BCUT2D eigenvalue weighted by molar-refractivity contribution is 7.99. The van der Waals surface area contributed by atoms with E-state index in [0.717, 1.165) is 10.5 Å². The molecule has 3 aromatic heterocycles. The zero-order chi connectivity index (χ0) is 19.5. The average molecular weight is 416 g/mol. The summed E-state index contributed by atoms with van der Waals surface area (Å²) >= 11 is 2.86. The van der Waals surface area contributed by atoms with Crippen LogP contribution in [0.4, 0.5) is 4.79 Å². The smallest absolute Gasteiger partial charge is 0.338 e. The lowest BCUT2D eigenvalue weighted by Gasteiger charge is -2.28. The molecule has 4 heterocycles. The first-order chi connectivity index (χ1) is 13.7. The van der Waals surface area contributed by atoms with Crippen LogP contribution in [0.1, 0.15) is 17.8 Å². The number of nitrogens with one attached hydrogen (secondary N) is 2. The Bertz CT molecular complexity index is 1040. The highest BCUT2D eigenvalue weighted by Gasteiger charge is 2.34.